The van der Waals surface area contributed by atoms with Gasteiger partial charge in [0.2, 0.25) is 0 Å². The van der Waals surface area contributed by atoms with Gasteiger partial charge in [0, 0.05) is 0 Å². The molecular formula is C22H28O4. The van der Waals surface area contributed by atoms with Gasteiger partial charge in [0.25, 0.3) is 0 Å². The Balaban J connectivity index is 1.72. The van der Waals surface area contributed by atoms with Crippen LogP contribution in [0.1, 0.15) is 25.0 Å². The third-order valence-corrected chi connectivity index (χ3v) is 5.47. The highest BCUT2D eigenvalue weighted by Crippen LogP contribution is 2.35. The second kappa shape index (κ2) is 8.78. The number of hydrogen-bond donors (Lipinski definition) is 2. The summed E-state index contributed by atoms with van der Waals surface area (Å²) in [6.07, 6.45) is -2.64. The van der Waals surface area contributed by atoms with Crippen LogP contribution in [-0.4, -0.2) is 34.6 Å². The third-order valence-electron chi connectivity index (χ3n) is 5.47. The first-order chi connectivity index (χ1) is 12.6. The zero-order valence-corrected chi connectivity index (χ0v) is 15.4. The molecule has 3 rings (SSSR count). The number of benzene rings is 2. The molecule has 0 bridgehead atoms. The van der Waals surface area contributed by atoms with E-state index in [1.54, 1.807) is 0 Å². The van der Waals surface area contributed by atoms with Gasteiger partial charge in [0.15, 0.2) is 0 Å². The predicted octanol–water partition coefficient (Wildman–Crippen LogP) is 3.16. The highest BCUT2D eigenvalue weighted by atomic mass is 16.6. The highest BCUT2D eigenvalue weighted by molar-refractivity contribution is 5.14. The fraction of sp³-hybridized carbons (Fsp3) is 0.455. The molecule has 1 aliphatic carbocycles. The number of rotatable bonds is 6. The molecule has 0 saturated heterocycles. The Labute approximate surface area is 155 Å². The molecule has 0 spiro atoms. The molecule has 1 aliphatic rings. The molecule has 2 N–H and O–H groups in total. The molecule has 4 nitrogen and oxygen atoms in total. The first kappa shape index (κ1) is 19.1. The molecule has 3 unspecified atom stereocenters. The Morgan fingerprint density at radius 1 is 0.654 bits per heavy atom. The fourth-order valence-electron chi connectivity index (χ4n) is 3.58. The van der Waals surface area contributed by atoms with E-state index in [1.807, 2.05) is 74.5 Å². The second-order valence-corrected chi connectivity index (χ2v) is 7.22. The lowest BCUT2D eigenvalue weighted by Gasteiger charge is -2.45. The summed E-state index contributed by atoms with van der Waals surface area (Å²) >= 11 is 0. The minimum Gasteiger partial charge on any atom is -0.390 e. The van der Waals surface area contributed by atoms with Gasteiger partial charge in [-0.2, -0.15) is 0 Å². The van der Waals surface area contributed by atoms with Gasteiger partial charge in [-0.05, 0) is 23.0 Å². The second-order valence-electron chi connectivity index (χ2n) is 7.22. The molecule has 1 saturated carbocycles. The molecular weight excluding hydrogens is 328 g/mol. The molecule has 2 aromatic rings. The van der Waals surface area contributed by atoms with Gasteiger partial charge in [-0.15, -0.1) is 0 Å². The van der Waals surface area contributed by atoms with Crippen LogP contribution < -0.4 is 0 Å². The number of ether oxygens (including phenoxy) is 2. The Morgan fingerprint density at radius 2 is 1.12 bits per heavy atom. The summed E-state index contributed by atoms with van der Waals surface area (Å²) in [5.74, 6) is 0.000217. The topological polar surface area (TPSA) is 58.9 Å². The highest BCUT2D eigenvalue weighted by Gasteiger charge is 2.47. The number of hydrogen-bond acceptors (Lipinski definition) is 4. The van der Waals surface area contributed by atoms with E-state index in [0.29, 0.717) is 13.2 Å². The minimum atomic E-state index is -0.967. The van der Waals surface area contributed by atoms with Crippen molar-refractivity contribution >= 4 is 0 Å². The molecule has 6 atom stereocenters. The molecule has 1 fully saturated rings. The standard InChI is InChI=1S/C22H28O4/c1-15-16(2)21(25-13-17-9-5-3-6-10-17)22(20(24)19(15)23)26-14-18-11-7-4-8-12-18/h3-12,15-16,19-24H,13-14H2,1-2H3/t15?,16-,19?,20+,21?,22+/m1/s1. The van der Waals surface area contributed by atoms with Crippen molar-refractivity contribution in [3.05, 3.63) is 71.8 Å². The van der Waals surface area contributed by atoms with Crippen LogP contribution in [0.25, 0.3) is 0 Å². The zero-order chi connectivity index (χ0) is 18.5. The summed E-state index contributed by atoms with van der Waals surface area (Å²) < 4.78 is 12.2. The molecule has 140 valence electrons. The van der Waals surface area contributed by atoms with E-state index in [1.165, 1.54) is 0 Å². The lowest BCUT2D eigenvalue weighted by molar-refractivity contribution is -0.215. The van der Waals surface area contributed by atoms with Crippen molar-refractivity contribution in [2.75, 3.05) is 0 Å². The van der Waals surface area contributed by atoms with E-state index >= 15 is 0 Å². The summed E-state index contributed by atoms with van der Waals surface area (Å²) in [6, 6.07) is 19.8. The molecule has 2 aromatic carbocycles. The molecule has 0 aromatic heterocycles. The van der Waals surface area contributed by atoms with Gasteiger partial charge < -0.3 is 19.7 Å². The maximum Gasteiger partial charge on any atom is 0.113 e. The van der Waals surface area contributed by atoms with Crippen molar-refractivity contribution in [1.29, 1.82) is 0 Å². The number of aliphatic hydroxyl groups is 2. The van der Waals surface area contributed by atoms with E-state index in [-0.39, 0.29) is 17.9 Å². The monoisotopic (exact) mass is 356 g/mol. The van der Waals surface area contributed by atoms with Crippen molar-refractivity contribution in [2.45, 2.75) is 51.5 Å². The zero-order valence-electron chi connectivity index (χ0n) is 15.4. The van der Waals surface area contributed by atoms with E-state index in [9.17, 15) is 10.2 Å². The predicted molar refractivity (Wildman–Crippen MR) is 100 cm³/mol. The van der Waals surface area contributed by atoms with Crippen molar-refractivity contribution < 1.29 is 19.7 Å². The third kappa shape index (κ3) is 4.33. The first-order valence-corrected chi connectivity index (χ1v) is 9.25. The quantitative estimate of drug-likeness (QED) is 0.835. The van der Waals surface area contributed by atoms with Gasteiger partial charge in [0.1, 0.15) is 12.2 Å². The summed E-state index contributed by atoms with van der Waals surface area (Å²) in [5, 5.41) is 21.0. The van der Waals surface area contributed by atoms with Gasteiger partial charge in [0.05, 0.1) is 25.4 Å². The molecule has 0 heterocycles. The van der Waals surface area contributed by atoms with E-state index in [2.05, 4.69) is 0 Å². The van der Waals surface area contributed by atoms with Gasteiger partial charge in [-0.1, -0.05) is 74.5 Å². The molecule has 0 radical (unpaired) electrons. The van der Waals surface area contributed by atoms with Crippen LogP contribution in [0, 0.1) is 11.8 Å². The largest absolute Gasteiger partial charge is 0.390 e. The van der Waals surface area contributed by atoms with Crippen molar-refractivity contribution in [3.63, 3.8) is 0 Å². The Bertz CT molecular complexity index is 601. The van der Waals surface area contributed by atoms with Crippen LogP contribution in [0.5, 0.6) is 0 Å². The lowest BCUT2D eigenvalue weighted by atomic mass is 9.74. The Morgan fingerprint density at radius 3 is 1.62 bits per heavy atom. The van der Waals surface area contributed by atoms with Crippen LogP contribution >= 0.6 is 0 Å². The average Bonchev–Trinajstić information content (AvgIpc) is 2.69. The average molecular weight is 356 g/mol. The lowest BCUT2D eigenvalue weighted by Crippen LogP contribution is -2.58. The summed E-state index contributed by atoms with van der Waals surface area (Å²) in [5.41, 5.74) is 2.11. The smallest absolute Gasteiger partial charge is 0.113 e. The Hall–Kier alpha value is -1.72. The van der Waals surface area contributed by atoms with Crippen molar-refractivity contribution in [2.24, 2.45) is 11.8 Å². The van der Waals surface area contributed by atoms with Crippen LogP contribution in [-0.2, 0) is 22.7 Å². The van der Waals surface area contributed by atoms with Crippen LogP contribution in [0.3, 0.4) is 0 Å². The molecule has 26 heavy (non-hydrogen) atoms. The first-order valence-electron chi connectivity index (χ1n) is 9.25. The molecule has 0 amide bonds. The van der Waals surface area contributed by atoms with Crippen molar-refractivity contribution in [1.82, 2.24) is 0 Å². The maximum absolute atomic E-state index is 10.6. The normalized spacial score (nSPS) is 31.7. The van der Waals surface area contributed by atoms with Crippen LogP contribution in [0.15, 0.2) is 60.7 Å². The van der Waals surface area contributed by atoms with Crippen LogP contribution in [0.4, 0.5) is 0 Å². The maximum atomic E-state index is 10.6. The summed E-state index contributed by atoms with van der Waals surface area (Å²) in [6.45, 7) is 4.83. The fourth-order valence-corrected chi connectivity index (χ4v) is 3.58. The van der Waals surface area contributed by atoms with Gasteiger partial charge in [-0.25, -0.2) is 0 Å². The van der Waals surface area contributed by atoms with Gasteiger partial charge in [-0.3, -0.25) is 0 Å². The minimum absolute atomic E-state index is 0.0673. The van der Waals surface area contributed by atoms with E-state index < -0.39 is 18.3 Å². The molecule has 0 aliphatic heterocycles. The Kier molecular flexibility index (Phi) is 6.43. The van der Waals surface area contributed by atoms with Crippen LogP contribution in [0.2, 0.25) is 0 Å². The van der Waals surface area contributed by atoms with E-state index in [4.69, 9.17) is 9.47 Å². The number of aliphatic hydroxyl groups excluding tert-OH is 2. The van der Waals surface area contributed by atoms with Crippen molar-refractivity contribution in [3.8, 4) is 0 Å². The van der Waals surface area contributed by atoms with E-state index in [0.717, 1.165) is 11.1 Å². The van der Waals surface area contributed by atoms with Gasteiger partial charge >= 0.3 is 0 Å². The SMILES string of the molecule is CC1C(O)[C@H](O)[C@H](OCc2ccccc2)C(OCc2ccccc2)[C@@H]1C. The summed E-state index contributed by atoms with van der Waals surface area (Å²) in [4.78, 5) is 0. The summed E-state index contributed by atoms with van der Waals surface area (Å²) in [7, 11) is 0. The molecule has 4 heteroatoms.